The number of hydrogen-bond donors (Lipinski definition) is 2. The largest absolute Gasteiger partial charge is 0.464 e. The van der Waals surface area contributed by atoms with Crippen LogP contribution in [-0.4, -0.2) is 74.9 Å². The molecule has 1 saturated heterocycles. The summed E-state index contributed by atoms with van der Waals surface area (Å²) in [7, 11) is 0. The number of hydrogen-bond acceptors (Lipinski definition) is 8. The molecule has 4 rings (SSSR count). The number of aromatic nitrogens is 2. The highest BCUT2D eigenvalue weighted by atomic mass is 79.9. The van der Waals surface area contributed by atoms with Crippen LogP contribution >= 0.6 is 31.9 Å². The number of rotatable bonds is 4. The molecule has 1 aromatic heterocycles. The minimum absolute atomic E-state index is 0.000134. The van der Waals surface area contributed by atoms with Crippen LogP contribution in [0.3, 0.4) is 0 Å². The van der Waals surface area contributed by atoms with Gasteiger partial charge in [0.15, 0.2) is 0 Å². The normalized spacial score (nSPS) is 28.8. The number of fused-ring (bicyclic) bond motifs is 2. The molecule has 3 heterocycles. The van der Waals surface area contributed by atoms with Gasteiger partial charge in [-0.2, -0.15) is 5.10 Å². The zero-order valence-electron chi connectivity index (χ0n) is 24.9. The molecule has 43 heavy (non-hydrogen) atoms. The zero-order valence-corrected chi connectivity index (χ0v) is 28.0. The summed E-state index contributed by atoms with van der Waals surface area (Å²) < 4.78 is 12.8. The molecule has 3 aliphatic rings. The first kappa shape index (κ1) is 33.2. The monoisotopic (exact) mass is 727 g/mol. The van der Waals surface area contributed by atoms with E-state index in [-0.39, 0.29) is 30.0 Å². The van der Waals surface area contributed by atoms with Crippen LogP contribution in [0.15, 0.2) is 32.1 Å². The molecule has 1 saturated carbocycles. The van der Waals surface area contributed by atoms with Gasteiger partial charge in [-0.05, 0) is 85.2 Å². The van der Waals surface area contributed by atoms with Crippen LogP contribution in [0.2, 0.25) is 0 Å². The van der Waals surface area contributed by atoms with Crippen molar-refractivity contribution in [1.29, 1.82) is 0 Å². The Labute approximate surface area is 267 Å². The van der Waals surface area contributed by atoms with E-state index in [9.17, 15) is 24.0 Å². The molecule has 1 unspecified atom stereocenters. The van der Waals surface area contributed by atoms with E-state index in [0.717, 1.165) is 19.3 Å². The topological polar surface area (TPSA) is 149 Å². The van der Waals surface area contributed by atoms with Crippen molar-refractivity contribution in [3.63, 3.8) is 0 Å². The number of carbonyl (C=O) groups excluding carboxylic acids is 4. The highest BCUT2D eigenvalue weighted by molar-refractivity contribution is 9.13. The molecule has 2 fully saturated rings. The van der Waals surface area contributed by atoms with Crippen molar-refractivity contribution in [2.24, 2.45) is 5.92 Å². The molecule has 1 aliphatic carbocycles. The highest BCUT2D eigenvalue weighted by Gasteiger charge is 2.62. The maximum absolute atomic E-state index is 14.1. The number of ether oxygens (including phenoxy) is 2. The minimum atomic E-state index is -1.22. The van der Waals surface area contributed by atoms with Gasteiger partial charge in [0, 0.05) is 18.9 Å². The van der Waals surface area contributed by atoms with E-state index in [1.165, 1.54) is 15.8 Å². The van der Waals surface area contributed by atoms with Gasteiger partial charge in [0.25, 0.3) is 5.56 Å². The summed E-state index contributed by atoms with van der Waals surface area (Å²) in [4.78, 5) is 68.4. The van der Waals surface area contributed by atoms with Gasteiger partial charge in [-0.15, -0.1) is 0 Å². The third kappa shape index (κ3) is 7.68. The summed E-state index contributed by atoms with van der Waals surface area (Å²) >= 11 is 6.56. The van der Waals surface area contributed by atoms with Crippen molar-refractivity contribution < 1.29 is 28.7 Å². The van der Waals surface area contributed by atoms with E-state index in [0.29, 0.717) is 23.7 Å². The number of nitrogens with zero attached hydrogens (tertiary/aromatic N) is 3. The standard InChI is InChI=1S/C29H39Br2N5O7/c1-5-42-26(40)29-14-17(29)11-9-7-6-8-10-12-20(33-27(41)43-28(2,3)4)24(38)35-16-18(13-21(35)23(37)34-29)36-25(39)22(31)19(30)15-32-36/h9,11,15,17-18,20-21H,5-8,10,12-14,16H2,1-4H3,(H,33,41)(H,34,37)/b11-9-/t17?,18-,20+,21+,29-/m1/s1. The van der Waals surface area contributed by atoms with Crippen molar-refractivity contribution in [3.05, 3.63) is 37.6 Å². The minimum Gasteiger partial charge on any atom is -0.464 e. The summed E-state index contributed by atoms with van der Waals surface area (Å²) in [5, 5.41) is 9.89. The van der Waals surface area contributed by atoms with E-state index in [1.807, 2.05) is 12.2 Å². The predicted molar refractivity (Wildman–Crippen MR) is 164 cm³/mol. The Bertz CT molecular complexity index is 1340. The van der Waals surface area contributed by atoms with E-state index >= 15 is 0 Å². The summed E-state index contributed by atoms with van der Waals surface area (Å²) in [6.45, 7) is 7.06. The summed E-state index contributed by atoms with van der Waals surface area (Å²) in [5.41, 5.74) is -2.42. The Morgan fingerprint density at radius 3 is 2.63 bits per heavy atom. The van der Waals surface area contributed by atoms with Gasteiger partial charge in [-0.1, -0.05) is 25.0 Å². The van der Waals surface area contributed by atoms with Gasteiger partial charge in [0.1, 0.15) is 27.7 Å². The van der Waals surface area contributed by atoms with Gasteiger partial charge in [-0.3, -0.25) is 14.4 Å². The van der Waals surface area contributed by atoms with Crippen molar-refractivity contribution in [2.45, 2.75) is 102 Å². The highest BCUT2D eigenvalue weighted by Crippen LogP contribution is 2.46. The molecule has 0 radical (unpaired) electrons. The molecule has 0 spiro atoms. The first-order valence-electron chi connectivity index (χ1n) is 14.7. The smallest absolute Gasteiger partial charge is 0.408 e. The lowest BCUT2D eigenvalue weighted by Gasteiger charge is -2.30. The molecule has 1 aromatic rings. The van der Waals surface area contributed by atoms with E-state index < -0.39 is 58.7 Å². The summed E-state index contributed by atoms with van der Waals surface area (Å²) in [5.74, 6) is -1.75. The second-order valence-corrected chi connectivity index (χ2v) is 13.9. The van der Waals surface area contributed by atoms with E-state index in [4.69, 9.17) is 9.47 Å². The van der Waals surface area contributed by atoms with E-state index in [2.05, 4.69) is 47.6 Å². The SMILES string of the molecule is CCOC(=O)[C@@]12CC1/C=C\CCCCC[C@H](NC(=O)OC(C)(C)C)C(=O)N1C[C@H](n3ncc(Br)c(Br)c3=O)C[C@H]1C(=O)N2. The van der Waals surface area contributed by atoms with Crippen LogP contribution in [-0.2, 0) is 23.9 Å². The third-order valence-corrected chi connectivity index (χ3v) is 9.73. The van der Waals surface area contributed by atoms with Gasteiger partial charge in [-0.25, -0.2) is 14.3 Å². The third-order valence-electron chi connectivity index (χ3n) is 7.83. The lowest BCUT2D eigenvalue weighted by molar-refractivity contribution is -0.150. The molecule has 12 nitrogen and oxygen atoms in total. The van der Waals surface area contributed by atoms with Crippen molar-refractivity contribution in [2.75, 3.05) is 13.2 Å². The molecule has 5 atom stereocenters. The second kappa shape index (κ2) is 13.5. The number of esters is 1. The van der Waals surface area contributed by atoms with Crippen LogP contribution in [0.5, 0.6) is 0 Å². The molecule has 0 bridgehead atoms. The lowest BCUT2D eigenvalue weighted by atomic mass is 10.0. The van der Waals surface area contributed by atoms with Gasteiger partial charge in [0.05, 0.1) is 23.3 Å². The fourth-order valence-corrected chi connectivity index (χ4v) is 6.18. The lowest BCUT2D eigenvalue weighted by Crippen LogP contribution is -2.56. The Morgan fingerprint density at radius 1 is 1.19 bits per heavy atom. The molecule has 14 heteroatoms. The van der Waals surface area contributed by atoms with E-state index in [1.54, 1.807) is 27.7 Å². The molecular weight excluding hydrogens is 690 g/mol. The summed E-state index contributed by atoms with van der Waals surface area (Å²) in [6.07, 6.45) is 8.62. The maximum atomic E-state index is 14.1. The van der Waals surface area contributed by atoms with Crippen molar-refractivity contribution >= 4 is 55.7 Å². The Balaban J connectivity index is 1.70. The van der Waals surface area contributed by atoms with Crippen LogP contribution < -0.4 is 16.2 Å². The van der Waals surface area contributed by atoms with Crippen molar-refractivity contribution in [1.82, 2.24) is 25.3 Å². The zero-order chi connectivity index (χ0) is 31.5. The molecule has 236 valence electrons. The first-order chi connectivity index (χ1) is 20.3. The molecule has 2 aliphatic heterocycles. The average Bonchev–Trinajstić information content (AvgIpc) is 3.44. The Kier molecular flexibility index (Phi) is 10.4. The van der Waals surface area contributed by atoms with Gasteiger partial charge in [0.2, 0.25) is 11.8 Å². The van der Waals surface area contributed by atoms with Crippen LogP contribution in [0, 0.1) is 5.92 Å². The van der Waals surface area contributed by atoms with Gasteiger partial charge >= 0.3 is 12.1 Å². The fourth-order valence-electron chi connectivity index (χ4n) is 5.64. The number of amides is 3. The van der Waals surface area contributed by atoms with Crippen LogP contribution in [0.25, 0.3) is 0 Å². The van der Waals surface area contributed by atoms with Crippen molar-refractivity contribution in [3.8, 4) is 0 Å². The number of halogens is 2. The quantitative estimate of drug-likeness (QED) is 0.352. The molecular formula is C29H39Br2N5O7. The Morgan fingerprint density at radius 2 is 1.93 bits per heavy atom. The molecule has 3 amide bonds. The van der Waals surface area contributed by atoms with Crippen LogP contribution in [0.1, 0.15) is 78.7 Å². The fraction of sp³-hybridized carbons (Fsp3) is 0.655. The predicted octanol–water partition coefficient (Wildman–Crippen LogP) is 3.76. The van der Waals surface area contributed by atoms with Crippen LogP contribution in [0.4, 0.5) is 4.79 Å². The molecule has 0 aromatic carbocycles. The number of allylic oxidation sites excluding steroid dienone is 1. The first-order valence-corrected chi connectivity index (χ1v) is 16.2. The number of alkyl carbamates (subject to hydrolysis) is 1. The maximum Gasteiger partial charge on any atom is 0.408 e. The second-order valence-electron chi connectivity index (χ2n) is 12.2. The van der Waals surface area contributed by atoms with Gasteiger partial charge < -0.3 is 25.0 Å². The average molecular weight is 729 g/mol. The number of carbonyl (C=O) groups is 4. The summed E-state index contributed by atoms with van der Waals surface area (Å²) in [6, 6.07) is -2.62. The molecule has 2 N–H and O–H groups in total. The Hall–Kier alpha value is -2.74. The number of nitrogens with one attached hydrogen (secondary N) is 2.